The fraction of sp³-hybridized carbons (Fsp3) is 0.231. The lowest BCUT2D eigenvalue weighted by atomic mass is 10.1. The summed E-state index contributed by atoms with van der Waals surface area (Å²) in [5.74, 6) is -0.621. The molecule has 1 amide bonds. The number of amides is 1. The maximum Gasteiger partial charge on any atom is 0.336 e. The smallest absolute Gasteiger partial charge is 0.336 e. The van der Waals surface area contributed by atoms with Gasteiger partial charge in [0.2, 0.25) is 5.89 Å². The molecule has 1 aromatic heterocycles. The average molecular weight is 275 g/mol. The molecule has 2 aromatic rings. The number of hydrogen-bond acceptors (Lipinski definition) is 5. The SMILES string of the molecule is Cc1nc(CCNC(=O)c2ccccc2C(=O)O)no1. The Bertz CT molecular complexity index is 636. The molecule has 0 atom stereocenters. The van der Waals surface area contributed by atoms with Crippen LogP contribution in [0.25, 0.3) is 0 Å². The molecule has 2 N–H and O–H groups in total. The highest BCUT2D eigenvalue weighted by molar-refractivity contribution is 6.04. The molecule has 0 unspecified atom stereocenters. The molecule has 20 heavy (non-hydrogen) atoms. The fourth-order valence-electron chi connectivity index (χ4n) is 1.69. The van der Waals surface area contributed by atoms with Crippen LogP contribution in [0.5, 0.6) is 0 Å². The highest BCUT2D eigenvalue weighted by atomic mass is 16.5. The predicted octanol–water partition coefficient (Wildman–Crippen LogP) is 1.05. The number of rotatable bonds is 5. The Morgan fingerprint density at radius 3 is 2.60 bits per heavy atom. The highest BCUT2D eigenvalue weighted by Crippen LogP contribution is 2.08. The summed E-state index contributed by atoms with van der Waals surface area (Å²) in [5.41, 5.74) is 0.102. The van der Waals surface area contributed by atoms with Crippen LogP contribution in [-0.2, 0) is 6.42 Å². The van der Waals surface area contributed by atoms with E-state index in [4.69, 9.17) is 9.63 Å². The summed E-state index contributed by atoms with van der Waals surface area (Å²) in [4.78, 5) is 26.9. The van der Waals surface area contributed by atoms with Crippen LogP contribution in [0, 0.1) is 6.92 Å². The van der Waals surface area contributed by atoms with Crippen molar-refractivity contribution in [1.82, 2.24) is 15.5 Å². The quantitative estimate of drug-likeness (QED) is 0.844. The number of aromatic carboxylic acids is 1. The van der Waals surface area contributed by atoms with Crippen LogP contribution < -0.4 is 5.32 Å². The van der Waals surface area contributed by atoms with Crippen LogP contribution in [0.4, 0.5) is 0 Å². The van der Waals surface area contributed by atoms with Gasteiger partial charge in [-0.1, -0.05) is 17.3 Å². The van der Waals surface area contributed by atoms with Gasteiger partial charge in [-0.2, -0.15) is 4.98 Å². The van der Waals surface area contributed by atoms with E-state index in [9.17, 15) is 9.59 Å². The van der Waals surface area contributed by atoms with Gasteiger partial charge in [-0.25, -0.2) is 4.79 Å². The summed E-state index contributed by atoms with van der Waals surface area (Å²) >= 11 is 0. The summed E-state index contributed by atoms with van der Waals surface area (Å²) in [5, 5.41) is 15.3. The maximum atomic E-state index is 11.9. The Morgan fingerprint density at radius 2 is 2.00 bits per heavy atom. The molecular formula is C13H13N3O4. The van der Waals surface area contributed by atoms with Gasteiger partial charge < -0.3 is 14.9 Å². The first kappa shape index (κ1) is 13.7. The first-order chi connectivity index (χ1) is 9.58. The largest absolute Gasteiger partial charge is 0.478 e. The van der Waals surface area contributed by atoms with E-state index < -0.39 is 11.9 Å². The van der Waals surface area contributed by atoms with Crippen molar-refractivity contribution in [2.75, 3.05) is 6.54 Å². The van der Waals surface area contributed by atoms with Gasteiger partial charge in [0.25, 0.3) is 5.91 Å². The molecule has 0 radical (unpaired) electrons. The number of carboxylic acid groups (broad SMARTS) is 1. The Morgan fingerprint density at radius 1 is 1.30 bits per heavy atom. The Kier molecular flexibility index (Phi) is 4.09. The average Bonchev–Trinajstić information content (AvgIpc) is 2.84. The zero-order valence-electron chi connectivity index (χ0n) is 10.8. The van der Waals surface area contributed by atoms with Crippen LogP contribution in [0.15, 0.2) is 28.8 Å². The van der Waals surface area contributed by atoms with Gasteiger partial charge in [0.1, 0.15) is 0 Å². The molecule has 1 aromatic carbocycles. The van der Waals surface area contributed by atoms with Crippen molar-refractivity contribution >= 4 is 11.9 Å². The van der Waals surface area contributed by atoms with Gasteiger partial charge in [0.15, 0.2) is 5.82 Å². The number of carbonyl (C=O) groups is 2. The van der Waals surface area contributed by atoms with Crippen molar-refractivity contribution in [3.63, 3.8) is 0 Å². The van der Waals surface area contributed by atoms with Crippen molar-refractivity contribution < 1.29 is 19.2 Å². The second kappa shape index (κ2) is 5.96. The van der Waals surface area contributed by atoms with Crippen molar-refractivity contribution in [3.8, 4) is 0 Å². The summed E-state index contributed by atoms with van der Waals surface area (Å²) < 4.78 is 4.81. The first-order valence-corrected chi connectivity index (χ1v) is 5.97. The zero-order chi connectivity index (χ0) is 14.5. The normalized spacial score (nSPS) is 10.2. The maximum absolute atomic E-state index is 11.9. The molecule has 7 heteroatoms. The second-order valence-corrected chi connectivity index (χ2v) is 4.09. The van der Waals surface area contributed by atoms with Gasteiger partial charge in [-0.15, -0.1) is 0 Å². The van der Waals surface area contributed by atoms with E-state index in [0.717, 1.165) is 0 Å². The summed E-state index contributed by atoms with van der Waals surface area (Å²) in [6.45, 7) is 1.98. The molecule has 2 rings (SSSR count). The highest BCUT2D eigenvalue weighted by Gasteiger charge is 2.15. The molecule has 0 aliphatic heterocycles. The van der Waals surface area contributed by atoms with E-state index in [-0.39, 0.29) is 11.1 Å². The van der Waals surface area contributed by atoms with Crippen LogP contribution in [-0.4, -0.2) is 33.7 Å². The molecule has 0 aliphatic rings. The number of nitrogens with zero attached hydrogens (tertiary/aromatic N) is 2. The molecule has 0 fully saturated rings. The van der Waals surface area contributed by atoms with Crippen molar-refractivity contribution in [2.45, 2.75) is 13.3 Å². The topological polar surface area (TPSA) is 105 Å². The van der Waals surface area contributed by atoms with Gasteiger partial charge in [0, 0.05) is 19.9 Å². The number of hydrogen-bond donors (Lipinski definition) is 2. The minimum Gasteiger partial charge on any atom is -0.478 e. The van der Waals surface area contributed by atoms with E-state index in [0.29, 0.717) is 24.7 Å². The van der Waals surface area contributed by atoms with Crippen LogP contribution >= 0.6 is 0 Å². The lowest BCUT2D eigenvalue weighted by Gasteiger charge is -2.06. The van der Waals surface area contributed by atoms with Gasteiger partial charge in [-0.05, 0) is 12.1 Å². The Hall–Kier alpha value is -2.70. The number of carbonyl (C=O) groups excluding carboxylic acids is 1. The minimum atomic E-state index is -1.13. The van der Waals surface area contributed by atoms with E-state index in [1.165, 1.54) is 12.1 Å². The number of benzene rings is 1. The van der Waals surface area contributed by atoms with Gasteiger partial charge >= 0.3 is 5.97 Å². The monoisotopic (exact) mass is 275 g/mol. The van der Waals surface area contributed by atoms with Crippen LogP contribution in [0.2, 0.25) is 0 Å². The lowest BCUT2D eigenvalue weighted by molar-refractivity contribution is 0.0691. The molecule has 0 spiro atoms. The summed E-state index contributed by atoms with van der Waals surface area (Å²) in [6, 6.07) is 6.04. The predicted molar refractivity (Wildman–Crippen MR) is 68.5 cm³/mol. The van der Waals surface area contributed by atoms with E-state index in [1.807, 2.05) is 0 Å². The number of nitrogens with one attached hydrogen (secondary N) is 1. The van der Waals surface area contributed by atoms with Crippen LogP contribution in [0.1, 0.15) is 32.4 Å². The fourth-order valence-corrected chi connectivity index (χ4v) is 1.69. The van der Waals surface area contributed by atoms with Gasteiger partial charge in [-0.3, -0.25) is 4.79 Å². The molecule has 0 aliphatic carbocycles. The number of aryl methyl sites for hydroxylation is 1. The molecular weight excluding hydrogens is 262 g/mol. The third-order valence-electron chi connectivity index (χ3n) is 2.61. The van der Waals surface area contributed by atoms with Gasteiger partial charge in [0.05, 0.1) is 11.1 Å². The molecule has 7 nitrogen and oxygen atoms in total. The van der Waals surface area contributed by atoms with Crippen LogP contribution in [0.3, 0.4) is 0 Å². The molecule has 104 valence electrons. The molecule has 0 bridgehead atoms. The minimum absolute atomic E-state index is 0.0274. The lowest BCUT2D eigenvalue weighted by Crippen LogP contribution is -2.27. The number of carboxylic acids is 1. The summed E-state index contributed by atoms with van der Waals surface area (Å²) in [7, 11) is 0. The standard InChI is InChI=1S/C13H13N3O4/c1-8-15-11(16-20-8)6-7-14-12(17)9-4-2-3-5-10(9)13(18)19/h2-5H,6-7H2,1H3,(H,14,17)(H,18,19). The third-order valence-corrected chi connectivity index (χ3v) is 2.61. The van der Waals surface area contributed by atoms with E-state index in [1.54, 1.807) is 19.1 Å². The molecule has 0 saturated heterocycles. The Labute approximate surface area is 114 Å². The molecule has 0 saturated carbocycles. The first-order valence-electron chi connectivity index (χ1n) is 5.97. The van der Waals surface area contributed by atoms with E-state index in [2.05, 4.69) is 15.5 Å². The van der Waals surface area contributed by atoms with Crippen molar-refractivity contribution in [1.29, 1.82) is 0 Å². The summed E-state index contributed by atoms with van der Waals surface area (Å²) in [6.07, 6.45) is 0.415. The van der Waals surface area contributed by atoms with Crippen molar-refractivity contribution in [2.24, 2.45) is 0 Å². The number of aromatic nitrogens is 2. The second-order valence-electron chi connectivity index (χ2n) is 4.09. The van der Waals surface area contributed by atoms with E-state index >= 15 is 0 Å². The third kappa shape index (κ3) is 3.19. The zero-order valence-corrected chi connectivity index (χ0v) is 10.8. The Balaban J connectivity index is 1.97. The van der Waals surface area contributed by atoms with Crippen molar-refractivity contribution in [3.05, 3.63) is 47.1 Å². The molecule has 1 heterocycles.